The van der Waals surface area contributed by atoms with Gasteiger partial charge in [-0.05, 0) is 32.6 Å². The highest BCUT2D eigenvalue weighted by Gasteiger charge is 2.39. The van der Waals surface area contributed by atoms with Crippen molar-refractivity contribution in [3.8, 4) is 5.95 Å². The highest BCUT2D eigenvalue weighted by molar-refractivity contribution is 6.03. The Hall–Kier alpha value is -2.81. The van der Waals surface area contributed by atoms with Crippen LogP contribution in [0.2, 0.25) is 0 Å². The first-order valence-electron chi connectivity index (χ1n) is 8.14. The van der Waals surface area contributed by atoms with Gasteiger partial charge in [-0.1, -0.05) is 0 Å². The molecule has 25 heavy (non-hydrogen) atoms. The number of aromatic amines is 1. The molecule has 1 aliphatic rings. The number of imidazole rings is 1. The number of H-pyrrole nitrogens is 1. The molecule has 1 aliphatic carbocycles. The normalized spacial score (nSPS) is 20.4. The van der Waals surface area contributed by atoms with Gasteiger partial charge in [-0.2, -0.15) is 5.10 Å². The van der Waals surface area contributed by atoms with Crippen molar-refractivity contribution in [1.29, 1.82) is 0 Å². The number of amides is 1. The summed E-state index contributed by atoms with van der Waals surface area (Å²) in [6.45, 7) is 3.59. The lowest BCUT2D eigenvalue weighted by Crippen LogP contribution is -2.51. The molecule has 3 aromatic rings. The first-order chi connectivity index (χ1) is 11.9. The summed E-state index contributed by atoms with van der Waals surface area (Å²) in [4.78, 5) is 25.4. The van der Waals surface area contributed by atoms with Gasteiger partial charge in [0.15, 0.2) is 5.69 Å². The fourth-order valence-corrected chi connectivity index (χ4v) is 3.05. The van der Waals surface area contributed by atoms with E-state index in [-0.39, 0.29) is 23.6 Å². The van der Waals surface area contributed by atoms with Crippen LogP contribution in [0.15, 0.2) is 24.9 Å². The number of hydrogen-bond donors (Lipinski definition) is 3. The van der Waals surface area contributed by atoms with E-state index >= 15 is 0 Å². The second kappa shape index (κ2) is 5.62. The third-order valence-electron chi connectivity index (χ3n) is 4.71. The quantitative estimate of drug-likeness (QED) is 0.646. The van der Waals surface area contributed by atoms with E-state index in [4.69, 9.17) is 0 Å². The first kappa shape index (κ1) is 15.7. The van der Waals surface area contributed by atoms with Crippen LogP contribution in [0.4, 0.5) is 0 Å². The molecule has 0 radical (unpaired) electrons. The van der Waals surface area contributed by atoms with Crippen LogP contribution >= 0.6 is 0 Å². The number of nitrogens with one attached hydrogen (secondary N) is 2. The number of carbonyl (C=O) groups excluding carboxylic acids is 1. The van der Waals surface area contributed by atoms with Gasteiger partial charge in [-0.25, -0.2) is 15.0 Å². The van der Waals surface area contributed by atoms with E-state index in [2.05, 4.69) is 30.5 Å². The van der Waals surface area contributed by atoms with Crippen LogP contribution in [0.1, 0.15) is 37.2 Å². The van der Waals surface area contributed by atoms with Crippen molar-refractivity contribution in [2.45, 2.75) is 38.3 Å². The first-order valence-corrected chi connectivity index (χ1v) is 8.14. The van der Waals surface area contributed by atoms with E-state index < -0.39 is 5.60 Å². The highest BCUT2D eigenvalue weighted by Crippen LogP contribution is 2.36. The van der Waals surface area contributed by atoms with E-state index in [1.54, 1.807) is 43.3 Å². The molecule has 3 N–H and O–H groups in total. The number of fused-ring (bicyclic) bond motifs is 1. The van der Waals surface area contributed by atoms with E-state index in [9.17, 15) is 9.90 Å². The van der Waals surface area contributed by atoms with Gasteiger partial charge in [0.25, 0.3) is 5.91 Å². The monoisotopic (exact) mass is 341 g/mol. The summed E-state index contributed by atoms with van der Waals surface area (Å²) in [5.41, 5.74) is 0.589. The second-order valence-corrected chi connectivity index (χ2v) is 6.96. The number of hydrogen-bond acceptors (Lipinski definition) is 6. The van der Waals surface area contributed by atoms with Crippen molar-refractivity contribution < 1.29 is 9.90 Å². The lowest BCUT2D eigenvalue weighted by Gasteiger charge is -2.42. The standard InChI is InChI=1S/C16H19N7O2/c1-16(2,25)9-5-10(6-9)19-14(24)13-12-11(7-18-22-12)20-15(21-13)23-4-3-17-8-23/h3-4,7-10,25H,5-6H2,1-2H3,(H,18,22)(H,19,24)/t9-,10-. The summed E-state index contributed by atoms with van der Waals surface area (Å²) in [6, 6.07) is 0.0357. The largest absolute Gasteiger partial charge is 0.390 e. The minimum Gasteiger partial charge on any atom is -0.390 e. The number of nitrogens with zero attached hydrogens (tertiary/aromatic N) is 5. The van der Waals surface area contributed by atoms with Gasteiger partial charge >= 0.3 is 0 Å². The number of carbonyl (C=O) groups is 1. The Labute approximate surface area is 143 Å². The topological polar surface area (TPSA) is 122 Å². The molecule has 130 valence electrons. The molecule has 0 atom stereocenters. The van der Waals surface area contributed by atoms with Gasteiger partial charge in [0.1, 0.15) is 17.4 Å². The van der Waals surface area contributed by atoms with Crippen molar-refractivity contribution in [3.05, 3.63) is 30.6 Å². The molecule has 1 fully saturated rings. The molecule has 0 saturated heterocycles. The molecular weight excluding hydrogens is 322 g/mol. The van der Waals surface area contributed by atoms with Crippen LogP contribution in [0.25, 0.3) is 17.0 Å². The fraction of sp³-hybridized carbons (Fsp3) is 0.438. The Morgan fingerprint density at radius 3 is 2.88 bits per heavy atom. The van der Waals surface area contributed by atoms with E-state index in [1.165, 1.54) is 0 Å². The van der Waals surface area contributed by atoms with E-state index in [0.29, 0.717) is 17.0 Å². The summed E-state index contributed by atoms with van der Waals surface area (Å²) in [6.07, 6.45) is 7.96. The lowest BCUT2D eigenvalue weighted by molar-refractivity contribution is -0.0309. The molecule has 1 amide bonds. The van der Waals surface area contributed by atoms with E-state index in [0.717, 1.165) is 12.8 Å². The van der Waals surface area contributed by atoms with Crippen molar-refractivity contribution in [2.24, 2.45) is 5.92 Å². The Kier molecular flexibility index (Phi) is 3.53. The van der Waals surface area contributed by atoms with Gasteiger partial charge in [0.2, 0.25) is 5.95 Å². The van der Waals surface area contributed by atoms with Gasteiger partial charge in [0, 0.05) is 18.4 Å². The molecule has 0 unspecified atom stereocenters. The fourth-order valence-electron chi connectivity index (χ4n) is 3.05. The predicted octanol–water partition coefficient (Wildman–Crippen LogP) is 0.818. The van der Waals surface area contributed by atoms with Crippen LogP contribution in [-0.4, -0.2) is 52.4 Å². The SMILES string of the molecule is CC(C)(O)[C@H]1C[C@H](NC(=O)c2nc(-n3ccnc3)nc3cn[nH]c23)C1. The number of aliphatic hydroxyl groups is 1. The van der Waals surface area contributed by atoms with Gasteiger partial charge in [-0.15, -0.1) is 0 Å². The average molecular weight is 341 g/mol. The van der Waals surface area contributed by atoms with Gasteiger partial charge < -0.3 is 10.4 Å². The molecule has 0 bridgehead atoms. The third-order valence-corrected chi connectivity index (χ3v) is 4.71. The van der Waals surface area contributed by atoms with Crippen LogP contribution in [0.3, 0.4) is 0 Å². The summed E-state index contributed by atoms with van der Waals surface area (Å²) in [7, 11) is 0. The molecule has 0 aliphatic heterocycles. The zero-order chi connectivity index (χ0) is 17.6. The van der Waals surface area contributed by atoms with Crippen LogP contribution in [0, 0.1) is 5.92 Å². The molecule has 3 aromatic heterocycles. The van der Waals surface area contributed by atoms with Crippen LogP contribution in [-0.2, 0) is 0 Å². The van der Waals surface area contributed by atoms with Crippen molar-refractivity contribution in [2.75, 3.05) is 0 Å². The van der Waals surface area contributed by atoms with Gasteiger partial charge in [0.05, 0.1) is 11.8 Å². The smallest absolute Gasteiger partial charge is 0.272 e. The van der Waals surface area contributed by atoms with Crippen LogP contribution in [0.5, 0.6) is 0 Å². The molecule has 3 heterocycles. The third kappa shape index (κ3) is 2.86. The number of rotatable bonds is 4. The van der Waals surface area contributed by atoms with Gasteiger partial charge in [-0.3, -0.25) is 14.5 Å². The van der Waals surface area contributed by atoms with Crippen LogP contribution < -0.4 is 5.32 Å². The maximum Gasteiger partial charge on any atom is 0.272 e. The molecule has 0 aromatic carbocycles. The summed E-state index contributed by atoms with van der Waals surface area (Å²) >= 11 is 0. The van der Waals surface area contributed by atoms with Crippen molar-refractivity contribution in [1.82, 2.24) is 35.0 Å². The molecule has 4 rings (SSSR count). The molecule has 1 saturated carbocycles. The summed E-state index contributed by atoms with van der Waals surface area (Å²) in [5, 5.41) is 19.7. The maximum atomic E-state index is 12.7. The molecular formula is C16H19N7O2. The number of aromatic nitrogens is 6. The Balaban J connectivity index is 1.58. The molecule has 0 spiro atoms. The zero-order valence-electron chi connectivity index (χ0n) is 14.0. The second-order valence-electron chi connectivity index (χ2n) is 6.96. The highest BCUT2D eigenvalue weighted by atomic mass is 16.3. The molecule has 9 nitrogen and oxygen atoms in total. The van der Waals surface area contributed by atoms with Crippen molar-refractivity contribution in [3.63, 3.8) is 0 Å². The zero-order valence-corrected chi connectivity index (χ0v) is 14.0. The minimum absolute atomic E-state index is 0.0357. The summed E-state index contributed by atoms with van der Waals surface area (Å²) < 4.78 is 1.64. The average Bonchev–Trinajstić information content (AvgIpc) is 3.18. The summed E-state index contributed by atoms with van der Waals surface area (Å²) in [5.74, 6) is 0.272. The lowest BCUT2D eigenvalue weighted by atomic mass is 9.71. The molecule has 9 heteroatoms. The Morgan fingerprint density at radius 2 is 2.20 bits per heavy atom. The Bertz CT molecular complexity index is 904. The van der Waals surface area contributed by atoms with E-state index in [1.807, 2.05) is 0 Å². The minimum atomic E-state index is -0.721. The maximum absolute atomic E-state index is 12.7. The predicted molar refractivity (Wildman–Crippen MR) is 89.1 cm³/mol. The van der Waals surface area contributed by atoms with Crippen molar-refractivity contribution >= 4 is 16.9 Å². The Morgan fingerprint density at radius 1 is 1.40 bits per heavy atom.